The number of hydrazine groups is 1. The van der Waals surface area contributed by atoms with Crippen LogP contribution in [0.5, 0.6) is 0 Å². The Morgan fingerprint density at radius 3 is 2.40 bits per heavy atom. The van der Waals surface area contributed by atoms with Crippen LogP contribution in [-0.2, 0) is 0 Å². The Morgan fingerprint density at radius 1 is 1.10 bits per heavy atom. The van der Waals surface area contributed by atoms with Crippen molar-refractivity contribution in [2.75, 3.05) is 17.4 Å². The van der Waals surface area contributed by atoms with Gasteiger partial charge in [0.2, 0.25) is 0 Å². The molecule has 3 N–H and O–H groups in total. The van der Waals surface area contributed by atoms with E-state index in [4.69, 9.17) is 5.84 Å². The van der Waals surface area contributed by atoms with E-state index in [1.807, 2.05) is 20.9 Å². The SMILES string of the molecule is Cc1ccc(N(C)c2nc(C)nc(NN)c2C)c(C)c1. The van der Waals surface area contributed by atoms with Crippen molar-refractivity contribution >= 4 is 17.3 Å². The number of aryl methyl sites for hydroxylation is 3. The number of benzene rings is 1. The fraction of sp³-hybridized carbons (Fsp3) is 0.333. The van der Waals surface area contributed by atoms with Gasteiger partial charge in [0.05, 0.1) is 0 Å². The number of aromatic nitrogens is 2. The van der Waals surface area contributed by atoms with Crippen LogP contribution in [0, 0.1) is 27.7 Å². The average Bonchev–Trinajstić information content (AvgIpc) is 2.40. The average molecular weight is 271 g/mol. The quantitative estimate of drug-likeness (QED) is 0.663. The van der Waals surface area contributed by atoms with E-state index in [0.29, 0.717) is 11.6 Å². The molecule has 0 aliphatic carbocycles. The molecule has 0 bridgehead atoms. The Hall–Kier alpha value is -2.14. The van der Waals surface area contributed by atoms with Crippen molar-refractivity contribution in [3.05, 3.63) is 40.7 Å². The van der Waals surface area contributed by atoms with Crippen LogP contribution >= 0.6 is 0 Å². The van der Waals surface area contributed by atoms with Gasteiger partial charge in [0, 0.05) is 18.3 Å². The summed E-state index contributed by atoms with van der Waals surface area (Å²) in [4.78, 5) is 10.9. The van der Waals surface area contributed by atoms with Crippen molar-refractivity contribution in [2.45, 2.75) is 27.7 Å². The van der Waals surface area contributed by atoms with Gasteiger partial charge in [-0.15, -0.1) is 0 Å². The first-order chi connectivity index (χ1) is 9.43. The molecule has 0 aliphatic rings. The van der Waals surface area contributed by atoms with Crippen LogP contribution in [0.3, 0.4) is 0 Å². The van der Waals surface area contributed by atoms with E-state index < -0.39 is 0 Å². The van der Waals surface area contributed by atoms with Gasteiger partial charge in [0.15, 0.2) is 0 Å². The summed E-state index contributed by atoms with van der Waals surface area (Å²) in [7, 11) is 2.01. The van der Waals surface area contributed by atoms with Crippen LogP contribution in [0.1, 0.15) is 22.5 Å². The summed E-state index contributed by atoms with van der Waals surface area (Å²) in [5.41, 5.74) is 7.15. The Bertz CT molecular complexity index is 636. The highest BCUT2D eigenvalue weighted by Crippen LogP contribution is 2.30. The molecule has 0 fully saturated rings. The number of anilines is 3. The van der Waals surface area contributed by atoms with E-state index in [1.165, 1.54) is 11.1 Å². The Morgan fingerprint density at radius 2 is 1.80 bits per heavy atom. The highest BCUT2D eigenvalue weighted by molar-refractivity contribution is 5.69. The number of nitrogens with zero attached hydrogens (tertiary/aromatic N) is 3. The maximum absolute atomic E-state index is 5.52. The summed E-state index contributed by atoms with van der Waals surface area (Å²) in [6, 6.07) is 6.37. The minimum absolute atomic E-state index is 0.657. The van der Waals surface area contributed by atoms with Gasteiger partial charge >= 0.3 is 0 Å². The predicted octanol–water partition coefficient (Wildman–Crippen LogP) is 2.76. The molecular weight excluding hydrogens is 250 g/mol. The van der Waals surface area contributed by atoms with Gasteiger partial charge in [-0.2, -0.15) is 0 Å². The third kappa shape index (κ3) is 2.58. The summed E-state index contributed by atoms with van der Waals surface area (Å²) in [5, 5.41) is 0. The molecule has 0 aliphatic heterocycles. The van der Waals surface area contributed by atoms with Crippen LogP contribution in [0.4, 0.5) is 17.3 Å². The second-order valence-corrected chi connectivity index (χ2v) is 5.06. The molecule has 1 aromatic carbocycles. The van der Waals surface area contributed by atoms with Crippen LogP contribution < -0.4 is 16.2 Å². The lowest BCUT2D eigenvalue weighted by Crippen LogP contribution is -2.18. The van der Waals surface area contributed by atoms with Crippen molar-refractivity contribution in [2.24, 2.45) is 5.84 Å². The summed E-state index contributed by atoms with van der Waals surface area (Å²) in [6.07, 6.45) is 0. The molecule has 0 radical (unpaired) electrons. The molecule has 5 heteroatoms. The highest BCUT2D eigenvalue weighted by Gasteiger charge is 2.15. The third-order valence-corrected chi connectivity index (χ3v) is 3.40. The molecule has 0 saturated carbocycles. The first kappa shape index (κ1) is 14.3. The van der Waals surface area contributed by atoms with Crippen LogP contribution in [0.15, 0.2) is 18.2 Å². The van der Waals surface area contributed by atoms with Gasteiger partial charge < -0.3 is 10.3 Å². The highest BCUT2D eigenvalue weighted by atomic mass is 15.3. The predicted molar refractivity (Wildman–Crippen MR) is 83.3 cm³/mol. The Balaban J connectivity index is 2.53. The lowest BCUT2D eigenvalue weighted by atomic mass is 10.1. The summed E-state index contributed by atoms with van der Waals surface area (Å²) < 4.78 is 0. The molecule has 5 nitrogen and oxygen atoms in total. The Labute approximate surface area is 119 Å². The molecule has 1 aromatic heterocycles. The van der Waals surface area contributed by atoms with Gasteiger partial charge in [-0.25, -0.2) is 15.8 Å². The first-order valence-corrected chi connectivity index (χ1v) is 6.57. The Kier molecular flexibility index (Phi) is 3.90. The molecule has 1 heterocycles. The molecule has 2 aromatic rings. The number of nitrogens with one attached hydrogen (secondary N) is 1. The lowest BCUT2D eigenvalue weighted by Gasteiger charge is -2.23. The number of rotatable bonds is 3. The minimum Gasteiger partial charge on any atom is -0.329 e. The topological polar surface area (TPSA) is 67.1 Å². The van der Waals surface area contributed by atoms with E-state index >= 15 is 0 Å². The maximum atomic E-state index is 5.52. The molecular formula is C15H21N5. The molecule has 0 amide bonds. The second-order valence-electron chi connectivity index (χ2n) is 5.06. The van der Waals surface area contributed by atoms with Gasteiger partial charge in [0.25, 0.3) is 0 Å². The van der Waals surface area contributed by atoms with E-state index in [-0.39, 0.29) is 0 Å². The monoisotopic (exact) mass is 271 g/mol. The van der Waals surface area contributed by atoms with Crippen molar-refractivity contribution in [3.63, 3.8) is 0 Å². The number of nitrogens with two attached hydrogens (primary N) is 1. The van der Waals surface area contributed by atoms with Gasteiger partial charge in [-0.1, -0.05) is 17.7 Å². The number of nitrogen functional groups attached to an aromatic ring is 1. The van der Waals surface area contributed by atoms with Gasteiger partial charge in [-0.05, 0) is 39.3 Å². The van der Waals surface area contributed by atoms with Crippen LogP contribution in [0.2, 0.25) is 0 Å². The molecule has 20 heavy (non-hydrogen) atoms. The molecule has 0 saturated heterocycles. The van der Waals surface area contributed by atoms with E-state index in [2.05, 4.69) is 52.3 Å². The van der Waals surface area contributed by atoms with Crippen molar-refractivity contribution < 1.29 is 0 Å². The molecule has 2 rings (SSSR count). The van der Waals surface area contributed by atoms with Crippen molar-refractivity contribution in [1.82, 2.24) is 9.97 Å². The van der Waals surface area contributed by atoms with Gasteiger partial charge in [0.1, 0.15) is 17.5 Å². The first-order valence-electron chi connectivity index (χ1n) is 6.57. The zero-order valence-electron chi connectivity index (χ0n) is 12.7. The lowest BCUT2D eigenvalue weighted by molar-refractivity contribution is 0.984. The largest absolute Gasteiger partial charge is 0.329 e. The van der Waals surface area contributed by atoms with E-state index in [1.54, 1.807) is 0 Å². The maximum Gasteiger partial charge on any atom is 0.148 e. The second kappa shape index (κ2) is 5.46. The molecule has 0 spiro atoms. The fourth-order valence-electron chi connectivity index (χ4n) is 2.38. The fourth-order valence-corrected chi connectivity index (χ4v) is 2.38. The summed E-state index contributed by atoms with van der Waals surface area (Å²) >= 11 is 0. The van der Waals surface area contributed by atoms with E-state index in [0.717, 1.165) is 17.1 Å². The normalized spacial score (nSPS) is 10.5. The number of hydrogen-bond donors (Lipinski definition) is 2. The smallest absolute Gasteiger partial charge is 0.148 e. The van der Waals surface area contributed by atoms with Crippen molar-refractivity contribution in [3.8, 4) is 0 Å². The summed E-state index contributed by atoms with van der Waals surface area (Å²) in [6.45, 7) is 8.02. The summed E-state index contributed by atoms with van der Waals surface area (Å²) in [5.74, 6) is 7.72. The van der Waals surface area contributed by atoms with E-state index in [9.17, 15) is 0 Å². The number of hydrogen-bond acceptors (Lipinski definition) is 5. The molecule has 106 valence electrons. The zero-order chi connectivity index (χ0) is 14.9. The minimum atomic E-state index is 0.657. The van der Waals surface area contributed by atoms with Gasteiger partial charge in [-0.3, -0.25) is 0 Å². The standard InChI is InChI=1S/C15H21N5/c1-9-6-7-13(10(2)8-9)20(5)15-11(3)14(19-16)17-12(4)18-15/h6-8H,16H2,1-5H3,(H,17,18,19). The van der Waals surface area contributed by atoms with Crippen LogP contribution in [-0.4, -0.2) is 17.0 Å². The molecule has 0 unspecified atom stereocenters. The zero-order valence-corrected chi connectivity index (χ0v) is 12.7. The van der Waals surface area contributed by atoms with Crippen LogP contribution in [0.25, 0.3) is 0 Å². The third-order valence-electron chi connectivity index (χ3n) is 3.40. The molecule has 0 atom stereocenters. The van der Waals surface area contributed by atoms with Crippen molar-refractivity contribution in [1.29, 1.82) is 0 Å².